The van der Waals surface area contributed by atoms with Gasteiger partial charge < -0.3 is 10.1 Å². The molecule has 0 aliphatic carbocycles. The molecule has 1 N–H and O–H groups in total. The lowest BCUT2D eigenvalue weighted by Gasteiger charge is -2.27. The average Bonchev–Trinajstić information content (AvgIpc) is 2.51. The minimum absolute atomic E-state index is 0.331. The Morgan fingerprint density at radius 3 is 2.53 bits per heavy atom. The number of amides is 1. The van der Waals surface area contributed by atoms with Crippen LogP contribution in [0, 0.1) is 6.92 Å². The summed E-state index contributed by atoms with van der Waals surface area (Å²) >= 11 is 0. The summed E-state index contributed by atoms with van der Waals surface area (Å²) in [5, 5.41) is 2.74. The maximum Gasteiger partial charge on any atom is 0.326 e. The summed E-state index contributed by atoms with van der Waals surface area (Å²) in [5.74, 6) is -0.843. The van der Waals surface area contributed by atoms with E-state index in [2.05, 4.69) is 5.32 Å². The molecule has 1 aliphatic heterocycles. The van der Waals surface area contributed by atoms with Crippen molar-refractivity contribution in [1.29, 1.82) is 0 Å². The van der Waals surface area contributed by atoms with Gasteiger partial charge in [0.15, 0.2) is 5.41 Å². The molecule has 0 aromatic heterocycles. The number of anilines is 1. The Labute approximate surface area is 113 Å². The fraction of sp³-hybridized carbons (Fsp3) is 0.467. The van der Waals surface area contributed by atoms with Gasteiger partial charge in [-0.25, -0.2) is 0 Å². The summed E-state index contributed by atoms with van der Waals surface area (Å²) in [5.41, 5.74) is 0.488. The lowest BCUT2D eigenvalue weighted by Crippen LogP contribution is -2.43. The number of rotatable bonds is 1. The molecule has 0 saturated heterocycles. The summed E-state index contributed by atoms with van der Waals surface area (Å²) in [7, 11) is 0. The third kappa shape index (κ3) is 2.23. The highest BCUT2D eigenvalue weighted by molar-refractivity contribution is 6.19. The number of ether oxygens (including phenoxy) is 1. The molecule has 1 heterocycles. The van der Waals surface area contributed by atoms with Crippen molar-refractivity contribution in [3.05, 3.63) is 29.3 Å². The van der Waals surface area contributed by atoms with Crippen molar-refractivity contribution in [1.82, 2.24) is 0 Å². The van der Waals surface area contributed by atoms with Crippen molar-refractivity contribution in [3.63, 3.8) is 0 Å². The summed E-state index contributed by atoms with van der Waals surface area (Å²) in [6, 6.07) is 5.58. The van der Waals surface area contributed by atoms with E-state index >= 15 is 0 Å². The van der Waals surface area contributed by atoms with E-state index in [0.29, 0.717) is 11.3 Å². The van der Waals surface area contributed by atoms with Crippen LogP contribution in [-0.4, -0.2) is 17.5 Å². The van der Waals surface area contributed by atoms with Crippen molar-refractivity contribution < 1.29 is 14.3 Å². The summed E-state index contributed by atoms with van der Waals surface area (Å²) in [4.78, 5) is 24.6. The zero-order chi connectivity index (χ0) is 14.4. The normalized spacial score (nSPS) is 21.8. The summed E-state index contributed by atoms with van der Waals surface area (Å²) < 4.78 is 5.39. The van der Waals surface area contributed by atoms with Gasteiger partial charge in [0.05, 0.1) is 0 Å². The van der Waals surface area contributed by atoms with E-state index in [1.54, 1.807) is 27.7 Å². The third-order valence-corrected chi connectivity index (χ3v) is 3.22. The minimum atomic E-state index is -1.27. The molecule has 19 heavy (non-hydrogen) atoms. The smallest absolute Gasteiger partial charge is 0.326 e. The molecule has 0 spiro atoms. The first-order valence-corrected chi connectivity index (χ1v) is 6.30. The second kappa shape index (κ2) is 4.08. The highest BCUT2D eigenvalue weighted by Gasteiger charge is 2.51. The van der Waals surface area contributed by atoms with E-state index in [9.17, 15) is 9.59 Å². The molecule has 102 valence electrons. The van der Waals surface area contributed by atoms with Crippen molar-refractivity contribution >= 4 is 17.6 Å². The average molecular weight is 261 g/mol. The van der Waals surface area contributed by atoms with Gasteiger partial charge in [0.25, 0.3) is 0 Å². The Kier molecular flexibility index (Phi) is 2.92. The van der Waals surface area contributed by atoms with Gasteiger partial charge in [0.2, 0.25) is 5.91 Å². The zero-order valence-electron chi connectivity index (χ0n) is 12.0. The van der Waals surface area contributed by atoms with Crippen LogP contribution in [0.3, 0.4) is 0 Å². The third-order valence-electron chi connectivity index (χ3n) is 3.22. The maximum atomic E-state index is 12.4. The predicted octanol–water partition coefficient (Wildman–Crippen LogP) is 2.55. The molecule has 1 aromatic carbocycles. The Morgan fingerprint density at radius 1 is 1.32 bits per heavy atom. The van der Waals surface area contributed by atoms with E-state index in [1.165, 1.54) is 0 Å². The molecule has 0 radical (unpaired) electrons. The minimum Gasteiger partial charge on any atom is -0.459 e. The first-order chi connectivity index (χ1) is 8.64. The molecule has 0 bridgehead atoms. The molecule has 0 fully saturated rings. The highest BCUT2D eigenvalue weighted by atomic mass is 16.6. The Hall–Kier alpha value is -1.84. The highest BCUT2D eigenvalue weighted by Crippen LogP contribution is 2.39. The molecule has 0 unspecified atom stereocenters. The molecule has 2 rings (SSSR count). The molecular formula is C15H19NO3. The molecular weight excluding hydrogens is 242 g/mol. The summed E-state index contributed by atoms with van der Waals surface area (Å²) in [6.45, 7) is 8.91. The van der Waals surface area contributed by atoms with Crippen molar-refractivity contribution in [2.24, 2.45) is 0 Å². The van der Waals surface area contributed by atoms with E-state index in [0.717, 1.165) is 5.56 Å². The van der Waals surface area contributed by atoms with Gasteiger partial charge in [-0.15, -0.1) is 0 Å². The maximum absolute atomic E-state index is 12.4. The van der Waals surface area contributed by atoms with Crippen LogP contribution in [0.25, 0.3) is 0 Å². The van der Waals surface area contributed by atoms with Crippen LogP contribution < -0.4 is 5.32 Å². The number of fused-ring (bicyclic) bond motifs is 1. The second-order valence-corrected chi connectivity index (χ2v) is 6.13. The molecule has 1 aromatic rings. The lowest BCUT2D eigenvalue weighted by molar-refractivity contribution is -0.163. The van der Waals surface area contributed by atoms with E-state index in [1.807, 2.05) is 25.1 Å². The number of carbonyl (C=O) groups excluding carboxylic acids is 2. The Balaban J connectivity index is 2.47. The van der Waals surface area contributed by atoms with Gasteiger partial charge in [0, 0.05) is 11.3 Å². The van der Waals surface area contributed by atoms with Gasteiger partial charge in [-0.3, -0.25) is 9.59 Å². The lowest BCUT2D eigenvalue weighted by atomic mass is 9.83. The SMILES string of the molecule is Cc1ccc2c(c1)[C@](C)(C(=O)OC(C)(C)C)C(=O)N2. The topological polar surface area (TPSA) is 55.4 Å². The number of benzene rings is 1. The molecule has 4 heteroatoms. The van der Waals surface area contributed by atoms with Gasteiger partial charge in [-0.1, -0.05) is 17.7 Å². The number of carbonyl (C=O) groups is 2. The second-order valence-electron chi connectivity index (χ2n) is 6.13. The predicted molar refractivity (Wildman–Crippen MR) is 73.0 cm³/mol. The van der Waals surface area contributed by atoms with Gasteiger partial charge in [-0.2, -0.15) is 0 Å². The number of nitrogens with one attached hydrogen (secondary N) is 1. The number of aryl methyl sites for hydroxylation is 1. The molecule has 1 aliphatic rings. The van der Waals surface area contributed by atoms with Gasteiger partial charge in [-0.05, 0) is 40.7 Å². The van der Waals surface area contributed by atoms with Crippen LogP contribution in [0.15, 0.2) is 18.2 Å². The van der Waals surface area contributed by atoms with Crippen molar-refractivity contribution in [3.8, 4) is 0 Å². The first kappa shape index (κ1) is 13.6. The summed E-state index contributed by atoms with van der Waals surface area (Å²) in [6.07, 6.45) is 0. The standard InChI is InChI=1S/C15H19NO3/c1-9-6-7-11-10(8-9)15(5,12(17)16-11)13(18)19-14(2,3)4/h6-8H,1-5H3,(H,16,17)/t15-/m0/s1. The fourth-order valence-corrected chi connectivity index (χ4v) is 2.13. The molecule has 4 nitrogen and oxygen atoms in total. The van der Waals surface area contributed by atoms with Crippen LogP contribution >= 0.6 is 0 Å². The van der Waals surface area contributed by atoms with Crippen LogP contribution in [-0.2, 0) is 19.7 Å². The van der Waals surface area contributed by atoms with E-state index in [-0.39, 0.29) is 5.91 Å². The first-order valence-electron chi connectivity index (χ1n) is 6.30. The Bertz CT molecular complexity index is 557. The number of hydrogen-bond acceptors (Lipinski definition) is 3. The molecule has 0 saturated carbocycles. The number of hydrogen-bond donors (Lipinski definition) is 1. The van der Waals surface area contributed by atoms with Crippen molar-refractivity contribution in [2.75, 3.05) is 5.32 Å². The fourth-order valence-electron chi connectivity index (χ4n) is 2.13. The molecule has 1 atom stereocenters. The van der Waals surface area contributed by atoms with E-state index in [4.69, 9.17) is 4.74 Å². The van der Waals surface area contributed by atoms with Gasteiger partial charge in [0.1, 0.15) is 5.60 Å². The monoisotopic (exact) mass is 261 g/mol. The van der Waals surface area contributed by atoms with Crippen LogP contribution in [0.4, 0.5) is 5.69 Å². The van der Waals surface area contributed by atoms with E-state index < -0.39 is 17.0 Å². The Morgan fingerprint density at radius 2 is 1.95 bits per heavy atom. The quantitative estimate of drug-likeness (QED) is 0.624. The van der Waals surface area contributed by atoms with Gasteiger partial charge >= 0.3 is 5.97 Å². The van der Waals surface area contributed by atoms with Crippen LogP contribution in [0.2, 0.25) is 0 Å². The van der Waals surface area contributed by atoms with Crippen LogP contribution in [0.5, 0.6) is 0 Å². The number of esters is 1. The van der Waals surface area contributed by atoms with Crippen LogP contribution in [0.1, 0.15) is 38.8 Å². The molecule has 1 amide bonds. The largest absolute Gasteiger partial charge is 0.459 e. The zero-order valence-corrected chi connectivity index (χ0v) is 12.0. The van der Waals surface area contributed by atoms with Crippen molar-refractivity contribution in [2.45, 2.75) is 45.6 Å².